The maximum atomic E-state index is 13.2. The van der Waals surface area contributed by atoms with Gasteiger partial charge in [-0.15, -0.1) is 0 Å². The van der Waals surface area contributed by atoms with Crippen molar-refractivity contribution < 1.29 is 28.6 Å². The molecule has 1 aliphatic rings. The van der Waals surface area contributed by atoms with Crippen molar-refractivity contribution in [2.75, 3.05) is 25.2 Å². The third kappa shape index (κ3) is 15.5. The average molecular weight is 587 g/mol. The van der Waals surface area contributed by atoms with Crippen LogP contribution in [-0.4, -0.2) is 71.5 Å². The zero-order valence-corrected chi connectivity index (χ0v) is 27.3. The van der Waals surface area contributed by atoms with Crippen molar-refractivity contribution in [1.82, 2.24) is 10.2 Å². The van der Waals surface area contributed by atoms with E-state index < -0.39 is 29.4 Å². The summed E-state index contributed by atoms with van der Waals surface area (Å²) in [4.78, 5) is 39.5. The highest BCUT2D eigenvalue weighted by molar-refractivity contribution is 7.99. The van der Waals surface area contributed by atoms with E-state index in [-0.39, 0.29) is 11.9 Å². The van der Waals surface area contributed by atoms with Gasteiger partial charge in [-0.05, 0) is 41.0 Å². The normalized spacial score (nSPS) is 17.5. The molecule has 1 fully saturated rings. The molecule has 2 amide bonds. The Morgan fingerprint density at radius 1 is 0.950 bits per heavy atom. The molecular formula is C31H58N2O6S. The third-order valence-corrected chi connectivity index (χ3v) is 8.30. The van der Waals surface area contributed by atoms with E-state index in [0.29, 0.717) is 24.5 Å². The summed E-state index contributed by atoms with van der Waals surface area (Å²) in [5.41, 5.74) is -1.33. The Morgan fingerprint density at radius 3 is 1.98 bits per heavy atom. The van der Waals surface area contributed by atoms with Gasteiger partial charge in [0.25, 0.3) is 0 Å². The van der Waals surface area contributed by atoms with E-state index in [1.54, 1.807) is 20.8 Å². The van der Waals surface area contributed by atoms with Gasteiger partial charge in [-0.25, -0.2) is 9.59 Å². The lowest BCUT2D eigenvalue weighted by atomic mass is 10.0. The average Bonchev–Trinajstić information content (AvgIpc) is 3.18. The van der Waals surface area contributed by atoms with Crippen LogP contribution in [0.5, 0.6) is 0 Å². The molecule has 1 N–H and O–H groups in total. The van der Waals surface area contributed by atoms with Crippen molar-refractivity contribution in [3.63, 3.8) is 0 Å². The van der Waals surface area contributed by atoms with E-state index in [2.05, 4.69) is 12.2 Å². The van der Waals surface area contributed by atoms with E-state index in [0.717, 1.165) is 12.8 Å². The first-order valence-corrected chi connectivity index (χ1v) is 16.7. The van der Waals surface area contributed by atoms with Gasteiger partial charge in [-0.1, -0.05) is 84.0 Å². The van der Waals surface area contributed by atoms with Gasteiger partial charge in [0.15, 0.2) is 0 Å². The molecule has 9 heteroatoms. The summed E-state index contributed by atoms with van der Waals surface area (Å²) in [6, 6.07) is -0.926. The summed E-state index contributed by atoms with van der Waals surface area (Å²) in [6.07, 6.45) is 16.5. The Kier molecular flexibility index (Phi) is 17.9. The Bertz CT molecular complexity index is 740. The minimum atomic E-state index is -0.838. The van der Waals surface area contributed by atoms with Crippen LogP contribution >= 0.6 is 11.8 Å². The molecule has 0 bridgehead atoms. The van der Waals surface area contributed by atoms with E-state index in [9.17, 15) is 14.4 Å². The number of thioether (sulfide) groups is 1. The molecule has 0 aliphatic carbocycles. The first-order chi connectivity index (χ1) is 18.9. The monoisotopic (exact) mass is 586 g/mol. The molecule has 234 valence electrons. The van der Waals surface area contributed by atoms with Crippen LogP contribution in [-0.2, 0) is 23.8 Å². The van der Waals surface area contributed by atoms with Gasteiger partial charge in [-0.2, -0.15) is 11.8 Å². The van der Waals surface area contributed by atoms with Gasteiger partial charge in [0.05, 0.1) is 19.8 Å². The summed E-state index contributed by atoms with van der Waals surface area (Å²) in [5.74, 6) is 0.491. The smallest absolute Gasteiger partial charge is 0.408 e. The van der Waals surface area contributed by atoms with Crippen LogP contribution in [0.25, 0.3) is 0 Å². The molecular weight excluding hydrogens is 528 g/mol. The standard InChI is InChI=1S/C31H58N2O6S/c1-8-9-10-11-12-13-14-15-16-17-18-19-20-21-27(34)33-25(22-38-31(33,5)6)23-40-24-26(28(35)37-7)32-29(36)39-30(2,3)4/h25-26H,8-24H2,1-7H3,(H,32,36)/t25-,26+/m1/s1. The fourth-order valence-electron chi connectivity index (χ4n) is 5.01. The molecule has 1 heterocycles. The minimum absolute atomic E-state index is 0.0886. The highest BCUT2D eigenvalue weighted by Crippen LogP contribution is 2.30. The van der Waals surface area contributed by atoms with Crippen molar-refractivity contribution in [1.29, 1.82) is 0 Å². The Balaban J connectivity index is 2.37. The largest absolute Gasteiger partial charge is 0.467 e. The molecule has 0 saturated carbocycles. The predicted molar refractivity (Wildman–Crippen MR) is 163 cm³/mol. The summed E-state index contributed by atoms with van der Waals surface area (Å²) >= 11 is 1.49. The van der Waals surface area contributed by atoms with E-state index >= 15 is 0 Å². The number of unbranched alkanes of at least 4 members (excludes halogenated alkanes) is 12. The topological polar surface area (TPSA) is 94.2 Å². The van der Waals surface area contributed by atoms with Gasteiger partial charge in [0.1, 0.15) is 17.4 Å². The Labute approximate surface area is 248 Å². The fourth-order valence-corrected chi connectivity index (χ4v) is 6.12. The lowest BCUT2D eigenvalue weighted by molar-refractivity contribution is -0.146. The molecule has 2 atom stereocenters. The van der Waals surface area contributed by atoms with Crippen molar-refractivity contribution in [3.05, 3.63) is 0 Å². The first kappa shape index (κ1) is 36.5. The second-order valence-corrected chi connectivity index (χ2v) is 13.5. The molecule has 8 nitrogen and oxygen atoms in total. The van der Waals surface area contributed by atoms with Crippen molar-refractivity contribution in [3.8, 4) is 0 Å². The molecule has 1 aliphatic heterocycles. The maximum absolute atomic E-state index is 13.2. The fraction of sp³-hybridized carbons (Fsp3) is 0.903. The number of ether oxygens (including phenoxy) is 3. The number of hydrogen-bond donors (Lipinski definition) is 1. The van der Waals surface area contributed by atoms with Gasteiger partial charge >= 0.3 is 12.1 Å². The first-order valence-electron chi connectivity index (χ1n) is 15.5. The molecule has 0 aromatic carbocycles. The number of hydrogen-bond acceptors (Lipinski definition) is 7. The van der Waals surface area contributed by atoms with Crippen molar-refractivity contribution >= 4 is 29.7 Å². The molecule has 1 saturated heterocycles. The van der Waals surface area contributed by atoms with E-state index in [1.165, 1.54) is 89.5 Å². The number of nitrogens with one attached hydrogen (secondary N) is 1. The second-order valence-electron chi connectivity index (χ2n) is 12.4. The van der Waals surface area contributed by atoms with Crippen LogP contribution in [0.1, 0.15) is 131 Å². The number of methoxy groups -OCH3 is 1. The molecule has 40 heavy (non-hydrogen) atoms. The van der Waals surface area contributed by atoms with Crippen LogP contribution in [0, 0.1) is 0 Å². The van der Waals surface area contributed by atoms with Crippen LogP contribution in [0.3, 0.4) is 0 Å². The molecule has 1 rings (SSSR count). The highest BCUT2D eigenvalue weighted by Gasteiger charge is 2.43. The summed E-state index contributed by atoms with van der Waals surface area (Å²) in [5, 5.41) is 2.60. The number of alkyl carbamates (subject to hydrolysis) is 1. The van der Waals surface area contributed by atoms with Crippen LogP contribution in [0.4, 0.5) is 4.79 Å². The molecule has 0 unspecified atom stereocenters. The highest BCUT2D eigenvalue weighted by atomic mass is 32.2. The zero-order valence-electron chi connectivity index (χ0n) is 26.5. The van der Waals surface area contributed by atoms with Crippen LogP contribution in [0.2, 0.25) is 0 Å². The second kappa shape index (κ2) is 19.6. The predicted octanol–water partition coefficient (Wildman–Crippen LogP) is 7.23. The molecule has 0 radical (unpaired) electrons. The SMILES string of the molecule is CCCCCCCCCCCCCCCC(=O)N1[C@@H](CSC[C@H](NC(=O)OC(C)(C)C)C(=O)OC)COC1(C)C. The van der Waals surface area contributed by atoms with Crippen LogP contribution < -0.4 is 5.32 Å². The van der Waals surface area contributed by atoms with E-state index in [4.69, 9.17) is 14.2 Å². The number of rotatable bonds is 20. The molecule has 0 aromatic rings. The lowest BCUT2D eigenvalue weighted by Gasteiger charge is -2.34. The van der Waals surface area contributed by atoms with Gasteiger partial charge < -0.3 is 24.4 Å². The van der Waals surface area contributed by atoms with Gasteiger partial charge in [0, 0.05) is 17.9 Å². The Hall–Kier alpha value is -1.48. The van der Waals surface area contributed by atoms with Crippen molar-refractivity contribution in [2.45, 2.75) is 155 Å². The maximum Gasteiger partial charge on any atom is 0.408 e. The van der Waals surface area contributed by atoms with E-state index in [1.807, 2.05) is 18.7 Å². The summed E-state index contributed by atoms with van der Waals surface area (Å²) in [6.45, 7) is 11.9. The number of nitrogens with zero attached hydrogens (tertiary/aromatic N) is 1. The third-order valence-electron chi connectivity index (χ3n) is 7.11. The Morgan fingerprint density at radius 2 is 1.48 bits per heavy atom. The summed E-state index contributed by atoms with van der Waals surface area (Å²) in [7, 11) is 1.29. The molecule has 0 aromatic heterocycles. The lowest BCUT2D eigenvalue weighted by Crippen LogP contribution is -2.49. The molecule has 0 spiro atoms. The number of amides is 2. The zero-order chi connectivity index (χ0) is 30.0. The van der Waals surface area contributed by atoms with Crippen LogP contribution in [0.15, 0.2) is 0 Å². The quantitative estimate of drug-likeness (QED) is 0.119. The van der Waals surface area contributed by atoms with Gasteiger partial charge in [0.2, 0.25) is 5.91 Å². The minimum Gasteiger partial charge on any atom is -0.467 e. The van der Waals surface area contributed by atoms with Crippen molar-refractivity contribution in [2.24, 2.45) is 0 Å². The number of carbonyl (C=O) groups excluding carboxylic acids is 3. The van der Waals surface area contributed by atoms with Gasteiger partial charge in [-0.3, -0.25) is 4.79 Å². The summed E-state index contributed by atoms with van der Waals surface area (Å²) < 4.78 is 16.1. The number of carbonyl (C=O) groups is 3. The number of esters is 1.